The second-order valence-corrected chi connectivity index (χ2v) is 7.48. The lowest BCUT2D eigenvalue weighted by molar-refractivity contribution is -0.143. The number of amides is 2. The number of hydrogen-bond acceptors (Lipinski definition) is 3. The summed E-state index contributed by atoms with van der Waals surface area (Å²) < 4.78 is 5.61. The van der Waals surface area contributed by atoms with E-state index in [1.54, 1.807) is 4.90 Å². The minimum absolute atomic E-state index is 0.00355. The van der Waals surface area contributed by atoms with Crippen molar-refractivity contribution in [2.75, 3.05) is 26.2 Å². The van der Waals surface area contributed by atoms with E-state index in [1.807, 2.05) is 47.4 Å². The minimum atomic E-state index is -0.152. The first-order chi connectivity index (χ1) is 14.1. The summed E-state index contributed by atoms with van der Waals surface area (Å²) in [6.45, 7) is 5.44. The van der Waals surface area contributed by atoms with E-state index in [-0.39, 0.29) is 31.0 Å². The molecule has 0 aliphatic carbocycles. The van der Waals surface area contributed by atoms with Gasteiger partial charge in [0.05, 0.1) is 12.6 Å². The summed E-state index contributed by atoms with van der Waals surface area (Å²) in [5, 5.41) is 0. The van der Waals surface area contributed by atoms with E-state index in [0.717, 1.165) is 19.3 Å². The molecule has 1 aliphatic heterocycles. The SMILES string of the molecule is CCCCN(CC(=O)N1CCc2ccccc2C1C)C(=O)COc1ccccc1. The Balaban J connectivity index is 1.63. The van der Waals surface area contributed by atoms with Crippen LogP contribution in [0.3, 0.4) is 0 Å². The van der Waals surface area contributed by atoms with Crippen molar-refractivity contribution in [2.24, 2.45) is 0 Å². The number of unbranched alkanes of at least 4 members (excludes halogenated alkanes) is 1. The van der Waals surface area contributed by atoms with Crippen molar-refractivity contribution in [2.45, 2.75) is 39.2 Å². The van der Waals surface area contributed by atoms with Gasteiger partial charge in [-0.15, -0.1) is 0 Å². The average molecular weight is 395 g/mol. The van der Waals surface area contributed by atoms with Gasteiger partial charge in [0.1, 0.15) is 5.75 Å². The van der Waals surface area contributed by atoms with Gasteiger partial charge in [0, 0.05) is 13.1 Å². The van der Waals surface area contributed by atoms with E-state index in [4.69, 9.17) is 4.74 Å². The van der Waals surface area contributed by atoms with Crippen molar-refractivity contribution in [3.8, 4) is 5.75 Å². The summed E-state index contributed by atoms with van der Waals surface area (Å²) in [6, 6.07) is 17.6. The molecule has 0 aromatic heterocycles. The first-order valence-electron chi connectivity index (χ1n) is 10.4. The molecule has 1 aliphatic rings. The van der Waals surface area contributed by atoms with Crippen molar-refractivity contribution in [1.29, 1.82) is 0 Å². The molecule has 5 nitrogen and oxygen atoms in total. The Morgan fingerprint density at radius 3 is 2.59 bits per heavy atom. The molecule has 1 unspecified atom stereocenters. The first-order valence-corrected chi connectivity index (χ1v) is 10.4. The maximum absolute atomic E-state index is 13.1. The van der Waals surface area contributed by atoms with Crippen LogP contribution in [0.2, 0.25) is 0 Å². The molecular weight excluding hydrogens is 364 g/mol. The first kappa shape index (κ1) is 20.9. The lowest BCUT2D eigenvalue weighted by Crippen LogP contribution is -2.47. The predicted molar refractivity (Wildman–Crippen MR) is 114 cm³/mol. The summed E-state index contributed by atoms with van der Waals surface area (Å²) in [4.78, 5) is 29.3. The molecular formula is C24H30N2O3. The molecule has 0 radical (unpaired) electrons. The van der Waals surface area contributed by atoms with Gasteiger partial charge in [0.25, 0.3) is 5.91 Å². The summed E-state index contributed by atoms with van der Waals surface area (Å²) in [5.41, 5.74) is 2.50. The lowest BCUT2D eigenvalue weighted by Gasteiger charge is -2.36. The third-order valence-electron chi connectivity index (χ3n) is 5.48. The van der Waals surface area contributed by atoms with Gasteiger partial charge in [0.15, 0.2) is 6.61 Å². The Hall–Kier alpha value is -2.82. The molecule has 3 rings (SSSR count). The van der Waals surface area contributed by atoms with Gasteiger partial charge in [0.2, 0.25) is 5.91 Å². The zero-order valence-corrected chi connectivity index (χ0v) is 17.3. The highest BCUT2D eigenvalue weighted by atomic mass is 16.5. The quantitative estimate of drug-likeness (QED) is 0.684. The van der Waals surface area contributed by atoms with E-state index in [9.17, 15) is 9.59 Å². The van der Waals surface area contributed by atoms with Gasteiger partial charge in [-0.05, 0) is 43.0 Å². The second-order valence-electron chi connectivity index (χ2n) is 7.48. The van der Waals surface area contributed by atoms with E-state index >= 15 is 0 Å². The Kier molecular flexibility index (Phi) is 7.28. The smallest absolute Gasteiger partial charge is 0.260 e. The molecule has 0 fully saturated rings. The van der Waals surface area contributed by atoms with Gasteiger partial charge < -0.3 is 14.5 Å². The van der Waals surface area contributed by atoms with Gasteiger partial charge >= 0.3 is 0 Å². The minimum Gasteiger partial charge on any atom is -0.484 e. The highest BCUT2D eigenvalue weighted by Crippen LogP contribution is 2.29. The third kappa shape index (κ3) is 5.37. The predicted octanol–water partition coefficient (Wildman–Crippen LogP) is 3.84. The van der Waals surface area contributed by atoms with Crippen LogP contribution >= 0.6 is 0 Å². The molecule has 0 saturated heterocycles. The van der Waals surface area contributed by atoms with Crippen molar-refractivity contribution in [3.05, 3.63) is 65.7 Å². The number of carbonyl (C=O) groups excluding carboxylic acids is 2. The fraction of sp³-hybridized carbons (Fsp3) is 0.417. The van der Waals surface area contributed by atoms with E-state index < -0.39 is 0 Å². The van der Waals surface area contributed by atoms with Crippen LogP contribution in [0, 0.1) is 0 Å². The number of ether oxygens (including phenoxy) is 1. The van der Waals surface area contributed by atoms with Gasteiger partial charge in [-0.25, -0.2) is 0 Å². The molecule has 154 valence electrons. The lowest BCUT2D eigenvalue weighted by atomic mass is 9.93. The number of para-hydroxylation sites is 1. The molecule has 29 heavy (non-hydrogen) atoms. The van der Waals surface area contributed by atoms with Gasteiger partial charge in [-0.1, -0.05) is 55.8 Å². The number of carbonyl (C=O) groups is 2. The average Bonchev–Trinajstić information content (AvgIpc) is 2.76. The Morgan fingerprint density at radius 2 is 1.83 bits per heavy atom. The van der Waals surface area contributed by atoms with Crippen LogP contribution in [-0.2, 0) is 16.0 Å². The van der Waals surface area contributed by atoms with Crippen LogP contribution in [0.4, 0.5) is 0 Å². The van der Waals surface area contributed by atoms with Crippen LogP contribution in [-0.4, -0.2) is 47.9 Å². The van der Waals surface area contributed by atoms with Crippen LogP contribution in [0.1, 0.15) is 43.9 Å². The fourth-order valence-electron chi connectivity index (χ4n) is 3.76. The summed E-state index contributed by atoms with van der Waals surface area (Å²) in [6.07, 6.45) is 2.68. The highest BCUT2D eigenvalue weighted by molar-refractivity contribution is 5.86. The molecule has 1 heterocycles. The Labute approximate surface area is 173 Å². The van der Waals surface area contributed by atoms with Crippen LogP contribution in [0.25, 0.3) is 0 Å². The molecule has 2 aromatic rings. The van der Waals surface area contributed by atoms with Crippen LogP contribution < -0.4 is 4.74 Å². The van der Waals surface area contributed by atoms with E-state index in [0.29, 0.717) is 18.8 Å². The fourth-order valence-corrected chi connectivity index (χ4v) is 3.76. The highest BCUT2D eigenvalue weighted by Gasteiger charge is 2.29. The monoisotopic (exact) mass is 394 g/mol. The van der Waals surface area contributed by atoms with Gasteiger partial charge in [-0.3, -0.25) is 9.59 Å². The maximum Gasteiger partial charge on any atom is 0.260 e. The van der Waals surface area contributed by atoms with Crippen LogP contribution in [0.15, 0.2) is 54.6 Å². The van der Waals surface area contributed by atoms with Gasteiger partial charge in [-0.2, -0.15) is 0 Å². The third-order valence-corrected chi connectivity index (χ3v) is 5.48. The van der Waals surface area contributed by atoms with E-state index in [2.05, 4.69) is 26.0 Å². The largest absolute Gasteiger partial charge is 0.484 e. The molecule has 0 N–H and O–H groups in total. The van der Waals surface area contributed by atoms with Crippen molar-refractivity contribution in [3.63, 3.8) is 0 Å². The Morgan fingerprint density at radius 1 is 1.10 bits per heavy atom. The molecule has 2 amide bonds. The van der Waals surface area contributed by atoms with E-state index in [1.165, 1.54) is 11.1 Å². The molecule has 0 bridgehead atoms. The molecule has 5 heteroatoms. The number of fused-ring (bicyclic) bond motifs is 1. The Bertz CT molecular complexity index is 822. The number of hydrogen-bond donors (Lipinski definition) is 0. The summed E-state index contributed by atoms with van der Waals surface area (Å²) in [7, 11) is 0. The number of benzene rings is 2. The number of rotatable bonds is 8. The standard InChI is InChI=1S/C24H30N2O3/c1-3-4-15-25(24(28)18-29-21-11-6-5-7-12-21)17-23(27)26-16-14-20-10-8-9-13-22(20)19(26)2/h5-13,19H,3-4,14-18H2,1-2H3. The van der Waals surface area contributed by atoms with Crippen LogP contribution in [0.5, 0.6) is 5.75 Å². The second kappa shape index (κ2) is 10.1. The molecule has 0 spiro atoms. The molecule has 1 atom stereocenters. The number of nitrogens with zero attached hydrogens (tertiary/aromatic N) is 2. The summed E-state index contributed by atoms with van der Waals surface area (Å²) in [5.74, 6) is 0.501. The zero-order chi connectivity index (χ0) is 20.6. The van der Waals surface area contributed by atoms with Crippen molar-refractivity contribution < 1.29 is 14.3 Å². The zero-order valence-electron chi connectivity index (χ0n) is 17.3. The molecule has 0 saturated carbocycles. The molecule has 2 aromatic carbocycles. The maximum atomic E-state index is 13.1. The summed E-state index contributed by atoms with van der Waals surface area (Å²) >= 11 is 0. The topological polar surface area (TPSA) is 49.9 Å². The van der Waals surface area contributed by atoms with Crippen molar-refractivity contribution >= 4 is 11.8 Å². The normalized spacial score (nSPS) is 15.5. The van der Waals surface area contributed by atoms with Crippen molar-refractivity contribution in [1.82, 2.24) is 9.80 Å².